The van der Waals surface area contributed by atoms with Crippen LogP contribution in [0.2, 0.25) is 36.3 Å². The smallest absolute Gasteiger partial charge is 0.195 e. The molecule has 3 saturated carbocycles. The van der Waals surface area contributed by atoms with Crippen LogP contribution < -0.4 is 0 Å². The summed E-state index contributed by atoms with van der Waals surface area (Å²) in [5.74, 6) is 0.315. The van der Waals surface area contributed by atoms with Gasteiger partial charge < -0.3 is 18.0 Å². The average Bonchev–Trinajstić information content (AvgIpc) is 3.77. The Hall–Kier alpha value is -0.746. The molecular formula is C38H62O6Si2. The van der Waals surface area contributed by atoms with Crippen LogP contribution in [-0.2, 0) is 29.0 Å². The van der Waals surface area contributed by atoms with Gasteiger partial charge in [-0.05, 0) is 92.0 Å². The lowest BCUT2D eigenvalue weighted by molar-refractivity contribution is -0.418. The number of furan rings is 1. The van der Waals surface area contributed by atoms with Gasteiger partial charge in [-0.25, -0.2) is 9.78 Å². The third-order valence-electron chi connectivity index (χ3n) is 16.4. The molecule has 1 unspecified atom stereocenters. The van der Waals surface area contributed by atoms with Crippen molar-refractivity contribution in [3.05, 3.63) is 36.3 Å². The van der Waals surface area contributed by atoms with Gasteiger partial charge in [0.2, 0.25) is 0 Å². The van der Waals surface area contributed by atoms with Crippen LogP contribution in [0.1, 0.15) is 107 Å². The van der Waals surface area contributed by atoms with Gasteiger partial charge >= 0.3 is 0 Å². The Bertz CT molecular complexity index is 1310. The predicted molar refractivity (Wildman–Crippen MR) is 186 cm³/mol. The van der Waals surface area contributed by atoms with E-state index in [1.807, 2.05) is 6.26 Å². The molecule has 258 valence electrons. The molecule has 6 nitrogen and oxygen atoms in total. The first-order valence-electron chi connectivity index (χ1n) is 18.9. The fourth-order valence-electron chi connectivity index (χ4n) is 12.8. The fourth-order valence-corrected chi connectivity index (χ4v) is 18.8. The van der Waals surface area contributed by atoms with E-state index in [1.165, 1.54) is 0 Å². The van der Waals surface area contributed by atoms with E-state index in [0.717, 1.165) is 80.5 Å². The van der Waals surface area contributed by atoms with Crippen LogP contribution in [0.5, 0.6) is 0 Å². The molecule has 8 heteroatoms. The van der Waals surface area contributed by atoms with Gasteiger partial charge in [0, 0.05) is 33.6 Å². The fraction of sp³-hybridized carbons (Fsp3) is 0.842. The highest BCUT2D eigenvalue weighted by atomic mass is 28.4. The molecule has 6 fully saturated rings. The van der Waals surface area contributed by atoms with E-state index in [2.05, 4.69) is 87.5 Å². The van der Waals surface area contributed by atoms with E-state index in [1.54, 1.807) is 6.26 Å². The second kappa shape index (κ2) is 10.6. The van der Waals surface area contributed by atoms with Gasteiger partial charge in [-0.15, -0.1) is 0 Å². The van der Waals surface area contributed by atoms with Gasteiger partial charge in [0.25, 0.3) is 0 Å². The average molecular weight is 671 g/mol. The molecule has 46 heavy (non-hydrogen) atoms. The van der Waals surface area contributed by atoms with E-state index in [9.17, 15) is 0 Å². The maximum atomic E-state index is 7.84. The second-order valence-corrected chi connectivity index (χ2v) is 26.6. The Kier molecular flexibility index (Phi) is 7.80. The first-order chi connectivity index (χ1) is 21.8. The van der Waals surface area contributed by atoms with E-state index in [-0.39, 0.29) is 27.8 Å². The SMILES string of the molecule is CC[Si](CC)(CC)O[C@@H]1C[C@H]2C(C)(C)C3(O[Si](CC)(CC)CC)CC[C@]2(CO3)[C@H]2CC[C@]3(C)[C@]4(C=C[C@]3(c3ccoc3)OO4)[C@@]21C. The number of ether oxygens (including phenoxy) is 1. The van der Waals surface area contributed by atoms with Crippen molar-refractivity contribution in [2.75, 3.05) is 6.61 Å². The summed E-state index contributed by atoms with van der Waals surface area (Å²) in [6, 6.07) is 8.91. The minimum atomic E-state index is -1.99. The molecule has 8 rings (SSSR count). The second-order valence-electron chi connectivity index (χ2n) is 17.2. The van der Waals surface area contributed by atoms with E-state index in [0.29, 0.717) is 11.8 Å². The molecule has 3 saturated heterocycles. The molecule has 4 aliphatic carbocycles. The standard InChI is InChI=1S/C38H62O6Si2/c1-11-45(12-2,13-3)41-31-25-30-32(7,8)38(44-46(14-4,15-5)16-6)23-20-35(30,27-40-38)29-17-19-33(9)36(28-18-24-39-26-28)21-22-37(33,43-42-36)34(29,31)10/h18,21-22,24,26,29-31H,11-17,19-20,23,25,27H2,1-10H3/t29-,30-,31+,33-,34-,35-,36+,37+,38?/m0/s1. The Morgan fingerprint density at radius 2 is 1.48 bits per heavy atom. The van der Waals surface area contributed by atoms with Crippen LogP contribution in [-0.4, -0.2) is 40.7 Å². The first kappa shape index (κ1) is 33.7. The molecule has 0 aromatic carbocycles. The topological polar surface area (TPSA) is 59.3 Å². The van der Waals surface area contributed by atoms with Crippen LogP contribution in [0.3, 0.4) is 0 Å². The summed E-state index contributed by atoms with van der Waals surface area (Å²) in [5.41, 5.74) is -0.876. The molecule has 1 aromatic rings. The normalized spacial score (nSPS) is 45.5. The van der Waals surface area contributed by atoms with Crippen molar-refractivity contribution < 1.29 is 27.8 Å². The van der Waals surface area contributed by atoms with Gasteiger partial charge in [0.15, 0.2) is 28.0 Å². The van der Waals surface area contributed by atoms with Crippen molar-refractivity contribution >= 4 is 16.6 Å². The highest BCUT2D eigenvalue weighted by molar-refractivity contribution is 6.74. The van der Waals surface area contributed by atoms with Gasteiger partial charge in [0.05, 0.1) is 25.2 Å². The van der Waals surface area contributed by atoms with Gasteiger partial charge in [0.1, 0.15) is 5.60 Å². The third-order valence-corrected chi connectivity index (χ3v) is 25.7. The largest absolute Gasteiger partial charge is 0.472 e. The summed E-state index contributed by atoms with van der Waals surface area (Å²) in [6.07, 6.45) is 13.7. The summed E-state index contributed by atoms with van der Waals surface area (Å²) in [6.45, 7) is 24.9. The zero-order valence-electron chi connectivity index (χ0n) is 30.6. The van der Waals surface area contributed by atoms with Crippen LogP contribution in [0, 0.1) is 33.5 Å². The zero-order chi connectivity index (χ0) is 33.1. The number of hydrogen-bond donors (Lipinski definition) is 0. The van der Waals surface area contributed by atoms with Crippen LogP contribution in [0.25, 0.3) is 0 Å². The molecular weight excluding hydrogens is 609 g/mol. The van der Waals surface area contributed by atoms with Crippen molar-refractivity contribution in [3.8, 4) is 0 Å². The van der Waals surface area contributed by atoms with Gasteiger partial charge in [-0.3, -0.25) is 0 Å². The summed E-state index contributed by atoms with van der Waals surface area (Å²) in [5, 5.41) is 0. The summed E-state index contributed by atoms with van der Waals surface area (Å²) >= 11 is 0. The highest BCUT2D eigenvalue weighted by Gasteiger charge is 2.85. The van der Waals surface area contributed by atoms with E-state index in [4.69, 9.17) is 27.8 Å². The van der Waals surface area contributed by atoms with Crippen LogP contribution >= 0.6 is 0 Å². The maximum absolute atomic E-state index is 7.84. The van der Waals surface area contributed by atoms with Crippen molar-refractivity contribution in [2.24, 2.45) is 33.5 Å². The summed E-state index contributed by atoms with van der Waals surface area (Å²) in [7, 11) is -3.91. The minimum Gasteiger partial charge on any atom is -0.472 e. The first-order valence-corrected chi connectivity index (χ1v) is 24.0. The molecule has 0 amide bonds. The lowest BCUT2D eigenvalue weighted by Crippen LogP contribution is -2.79. The molecule has 3 aliphatic heterocycles. The van der Waals surface area contributed by atoms with Crippen LogP contribution in [0.4, 0.5) is 0 Å². The Balaban J connectivity index is 1.37. The summed E-state index contributed by atoms with van der Waals surface area (Å²) < 4.78 is 28.3. The Morgan fingerprint density at radius 1 is 0.804 bits per heavy atom. The minimum absolute atomic E-state index is 0.0453. The third kappa shape index (κ3) is 3.66. The van der Waals surface area contributed by atoms with Gasteiger partial charge in [-0.1, -0.05) is 69.2 Å². The van der Waals surface area contributed by atoms with Gasteiger partial charge in [-0.2, -0.15) is 0 Å². The Labute approximate surface area is 280 Å². The van der Waals surface area contributed by atoms with Crippen molar-refractivity contribution in [3.63, 3.8) is 0 Å². The zero-order valence-corrected chi connectivity index (χ0v) is 32.6. The van der Waals surface area contributed by atoms with Crippen molar-refractivity contribution in [1.29, 1.82) is 0 Å². The number of fused-ring (bicyclic) bond motifs is 3. The molecule has 0 N–H and O–H groups in total. The van der Waals surface area contributed by atoms with E-state index < -0.39 is 33.6 Å². The molecule has 1 aromatic heterocycles. The highest BCUT2D eigenvalue weighted by Crippen LogP contribution is 2.81. The Morgan fingerprint density at radius 3 is 2.00 bits per heavy atom. The number of rotatable bonds is 11. The monoisotopic (exact) mass is 670 g/mol. The molecule has 4 bridgehead atoms. The number of hydrogen-bond acceptors (Lipinski definition) is 6. The van der Waals surface area contributed by atoms with Crippen molar-refractivity contribution in [2.45, 2.75) is 161 Å². The predicted octanol–water partition coefficient (Wildman–Crippen LogP) is 10.1. The molecule has 0 radical (unpaired) electrons. The molecule has 1 spiro atoms. The lowest BCUT2D eigenvalue weighted by atomic mass is 9.33. The van der Waals surface area contributed by atoms with Crippen molar-refractivity contribution in [1.82, 2.24) is 0 Å². The van der Waals surface area contributed by atoms with Crippen LogP contribution in [0.15, 0.2) is 35.2 Å². The van der Waals surface area contributed by atoms with E-state index >= 15 is 0 Å². The lowest BCUT2D eigenvalue weighted by Gasteiger charge is -2.76. The molecule has 4 heterocycles. The quantitative estimate of drug-likeness (QED) is 0.133. The molecule has 9 atom stereocenters. The maximum Gasteiger partial charge on any atom is 0.195 e. The molecule has 7 aliphatic rings. The summed E-state index contributed by atoms with van der Waals surface area (Å²) in [4.78, 5) is 13.5.